The summed E-state index contributed by atoms with van der Waals surface area (Å²) in [6.45, 7) is 0. The molecule has 0 saturated carbocycles. The highest BCUT2D eigenvalue weighted by Gasteiger charge is 2.12. The third-order valence-electron chi connectivity index (χ3n) is 2.70. The van der Waals surface area contributed by atoms with Crippen molar-refractivity contribution >= 4 is 49.5 Å². The number of nitriles is 1. The quantitative estimate of drug-likeness (QED) is 0.564. The highest BCUT2D eigenvalue weighted by Crippen LogP contribution is 2.20. The van der Waals surface area contributed by atoms with Crippen LogP contribution in [0.2, 0.25) is 0 Å². The van der Waals surface area contributed by atoms with Gasteiger partial charge in [-0.15, -0.1) is 0 Å². The van der Waals surface area contributed by atoms with Gasteiger partial charge in [0, 0.05) is 8.95 Å². The van der Waals surface area contributed by atoms with Crippen molar-refractivity contribution < 1.29 is 9.18 Å². The summed E-state index contributed by atoms with van der Waals surface area (Å²) in [5.41, 5.74) is 0.598. The Hall–Kier alpha value is -1.97. The summed E-state index contributed by atoms with van der Waals surface area (Å²) < 4.78 is 15.1. The summed E-state index contributed by atoms with van der Waals surface area (Å²) in [6, 6.07) is 13.2. The third kappa shape index (κ3) is 4.26. The lowest BCUT2D eigenvalue weighted by Crippen LogP contribution is -2.14. The van der Waals surface area contributed by atoms with Crippen molar-refractivity contribution in [3.05, 3.63) is 68.4 Å². The Balaban J connectivity index is 2.24. The number of anilines is 1. The molecule has 2 rings (SSSR count). The zero-order valence-corrected chi connectivity index (χ0v) is 14.3. The Morgan fingerprint density at radius 3 is 2.55 bits per heavy atom. The number of carbonyl (C=O) groups is 1. The monoisotopic (exact) mass is 422 g/mol. The summed E-state index contributed by atoms with van der Waals surface area (Å²) in [5.74, 6) is -1.24. The van der Waals surface area contributed by atoms with Gasteiger partial charge >= 0.3 is 0 Å². The number of nitrogens with one attached hydrogen (secondary N) is 1. The summed E-state index contributed by atoms with van der Waals surface area (Å²) >= 11 is 6.45. The van der Waals surface area contributed by atoms with E-state index >= 15 is 0 Å². The van der Waals surface area contributed by atoms with Crippen molar-refractivity contribution in [3.63, 3.8) is 0 Å². The molecule has 2 aromatic carbocycles. The van der Waals surface area contributed by atoms with Gasteiger partial charge in [-0.2, -0.15) is 5.26 Å². The maximum absolute atomic E-state index is 13.7. The van der Waals surface area contributed by atoms with Crippen molar-refractivity contribution in [2.75, 3.05) is 5.32 Å². The van der Waals surface area contributed by atoms with E-state index in [2.05, 4.69) is 37.2 Å². The molecule has 0 aromatic heterocycles. The Labute approximate surface area is 143 Å². The predicted molar refractivity (Wildman–Crippen MR) is 90.5 cm³/mol. The summed E-state index contributed by atoms with van der Waals surface area (Å²) in [4.78, 5) is 12.1. The number of amides is 1. The molecule has 0 spiro atoms. The molecule has 22 heavy (non-hydrogen) atoms. The third-order valence-corrected chi connectivity index (χ3v) is 3.69. The van der Waals surface area contributed by atoms with Crippen LogP contribution in [-0.2, 0) is 4.79 Å². The van der Waals surface area contributed by atoms with Crippen LogP contribution in [0.4, 0.5) is 10.1 Å². The van der Waals surface area contributed by atoms with E-state index in [1.165, 1.54) is 18.2 Å². The maximum atomic E-state index is 13.7. The van der Waals surface area contributed by atoms with Crippen molar-refractivity contribution in [1.82, 2.24) is 0 Å². The van der Waals surface area contributed by atoms with E-state index in [9.17, 15) is 9.18 Å². The van der Waals surface area contributed by atoms with Gasteiger partial charge in [-0.1, -0.05) is 44.0 Å². The van der Waals surface area contributed by atoms with Crippen LogP contribution < -0.4 is 5.32 Å². The molecule has 0 fully saturated rings. The molecule has 0 bridgehead atoms. The minimum absolute atomic E-state index is 0.0172. The first kappa shape index (κ1) is 16.4. The van der Waals surface area contributed by atoms with E-state index in [0.717, 1.165) is 4.47 Å². The molecular formula is C16H9Br2FN2O. The van der Waals surface area contributed by atoms with Crippen LogP contribution in [0.1, 0.15) is 5.56 Å². The van der Waals surface area contributed by atoms with Crippen LogP contribution in [0.15, 0.2) is 57.0 Å². The zero-order valence-electron chi connectivity index (χ0n) is 11.1. The lowest BCUT2D eigenvalue weighted by Gasteiger charge is -2.06. The predicted octanol–water partition coefficient (Wildman–Crippen LogP) is 4.90. The van der Waals surface area contributed by atoms with Crippen LogP contribution in [-0.4, -0.2) is 5.91 Å². The SMILES string of the molecule is N#C/C(=C/c1cccc(Br)c1)C(=O)Nc1ccc(Br)cc1F. The largest absolute Gasteiger partial charge is 0.319 e. The molecule has 1 amide bonds. The fourth-order valence-corrected chi connectivity index (χ4v) is 2.44. The van der Waals surface area contributed by atoms with Crippen LogP contribution in [0.3, 0.4) is 0 Å². The fraction of sp³-hybridized carbons (Fsp3) is 0. The number of hydrogen-bond donors (Lipinski definition) is 1. The molecular weight excluding hydrogens is 415 g/mol. The van der Waals surface area contributed by atoms with Crippen molar-refractivity contribution in [3.8, 4) is 6.07 Å². The van der Waals surface area contributed by atoms with Crippen LogP contribution in [0.5, 0.6) is 0 Å². The standard InChI is InChI=1S/C16H9Br2FN2O/c17-12-3-1-2-10(7-12)6-11(9-20)16(22)21-15-5-4-13(18)8-14(15)19/h1-8H,(H,21,22)/b11-6-. The van der Waals surface area contributed by atoms with E-state index in [1.807, 2.05) is 12.1 Å². The minimum atomic E-state index is -0.663. The van der Waals surface area contributed by atoms with Crippen molar-refractivity contribution in [2.24, 2.45) is 0 Å². The molecule has 6 heteroatoms. The first-order chi connectivity index (χ1) is 10.5. The Morgan fingerprint density at radius 1 is 1.18 bits per heavy atom. The van der Waals surface area contributed by atoms with Crippen LogP contribution in [0, 0.1) is 17.1 Å². The maximum Gasteiger partial charge on any atom is 0.266 e. The highest BCUT2D eigenvalue weighted by atomic mass is 79.9. The average molecular weight is 424 g/mol. The molecule has 0 heterocycles. The number of rotatable bonds is 3. The first-order valence-corrected chi connectivity index (χ1v) is 7.72. The second kappa shape index (κ2) is 7.34. The normalized spacial score (nSPS) is 10.9. The Bertz CT molecular complexity index is 797. The van der Waals surface area contributed by atoms with Gasteiger partial charge in [0.2, 0.25) is 0 Å². The van der Waals surface area contributed by atoms with E-state index in [-0.39, 0.29) is 11.3 Å². The van der Waals surface area contributed by atoms with Crippen LogP contribution >= 0.6 is 31.9 Å². The minimum Gasteiger partial charge on any atom is -0.319 e. The van der Waals surface area contributed by atoms with Gasteiger partial charge in [0.25, 0.3) is 5.91 Å². The molecule has 110 valence electrons. The lowest BCUT2D eigenvalue weighted by molar-refractivity contribution is -0.112. The van der Waals surface area contributed by atoms with E-state index in [4.69, 9.17) is 5.26 Å². The smallest absolute Gasteiger partial charge is 0.266 e. The van der Waals surface area contributed by atoms with Gasteiger partial charge in [-0.05, 0) is 42.0 Å². The Kier molecular flexibility index (Phi) is 5.47. The average Bonchev–Trinajstić information content (AvgIpc) is 2.47. The molecule has 0 aliphatic carbocycles. The molecule has 0 atom stereocenters. The van der Waals surface area contributed by atoms with E-state index in [1.54, 1.807) is 24.3 Å². The van der Waals surface area contributed by atoms with Gasteiger partial charge in [0.05, 0.1) is 5.69 Å². The molecule has 0 radical (unpaired) electrons. The summed E-state index contributed by atoms with van der Waals surface area (Å²) in [6.07, 6.45) is 1.44. The second-order valence-corrected chi connectivity index (χ2v) is 6.13. The molecule has 1 N–H and O–H groups in total. The number of hydrogen-bond acceptors (Lipinski definition) is 2. The van der Waals surface area contributed by atoms with Gasteiger partial charge in [-0.3, -0.25) is 4.79 Å². The molecule has 0 unspecified atom stereocenters. The van der Waals surface area contributed by atoms with E-state index in [0.29, 0.717) is 10.0 Å². The highest BCUT2D eigenvalue weighted by molar-refractivity contribution is 9.10. The molecule has 0 saturated heterocycles. The number of nitrogens with zero attached hydrogens (tertiary/aromatic N) is 1. The zero-order chi connectivity index (χ0) is 16.1. The van der Waals surface area contributed by atoms with Gasteiger partial charge < -0.3 is 5.32 Å². The molecule has 3 nitrogen and oxygen atoms in total. The topological polar surface area (TPSA) is 52.9 Å². The lowest BCUT2D eigenvalue weighted by atomic mass is 10.1. The number of halogens is 3. The Morgan fingerprint density at radius 2 is 1.91 bits per heavy atom. The van der Waals surface area contributed by atoms with E-state index < -0.39 is 11.7 Å². The first-order valence-electron chi connectivity index (χ1n) is 6.13. The van der Waals surface area contributed by atoms with Crippen molar-refractivity contribution in [2.45, 2.75) is 0 Å². The van der Waals surface area contributed by atoms with Crippen LogP contribution in [0.25, 0.3) is 6.08 Å². The fourth-order valence-electron chi connectivity index (χ4n) is 1.69. The summed E-state index contributed by atoms with van der Waals surface area (Å²) in [7, 11) is 0. The van der Waals surface area contributed by atoms with Crippen molar-refractivity contribution in [1.29, 1.82) is 5.26 Å². The molecule has 2 aromatic rings. The number of carbonyl (C=O) groups excluding carboxylic acids is 1. The van der Waals surface area contributed by atoms with Gasteiger partial charge in [0.15, 0.2) is 0 Å². The second-order valence-electron chi connectivity index (χ2n) is 4.30. The van der Waals surface area contributed by atoms with Gasteiger partial charge in [-0.25, -0.2) is 4.39 Å². The summed E-state index contributed by atoms with van der Waals surface area (Å²) in [5, 5.41) is 11.5. The molecule has 0 aliphatic rings. The molecule has 0 aliphatic heterocycles. The number of benzene rings is 2. The van der Waals surface area contributed by atoms with Gasteiger partial charge in [0.1, 0.15) is 17.5 Å².